The van der Waals surface area contributed by atoms with Crippen LogP contribution in [-0.2, 0) is 0 Å². The Bertz CT molecular complexity index is 786. The molecule has 0 bridgehead atoms. The van der Waals surface area contributed by atoms with E-state index in [2.05, 4.69) is 30.4 Å². The molecule has 1 heteroatoms. The van der Waals surface area contributed by atoms with E-state index in [1.54, 1.807) is 6.08 Å². The summed E-state index contributed by atoms with van der Waals surface area (Å²) in [4.78, 5) is 12.3. The molecule has 0 atom stereocenters. The molecule has 0 unspecified atom stereocenters. The molecule has 86 valence electrons. The summed E-state index contributed by atoms with van der Waals surface area (Å²) in [6, 6.07) is 4.23. The molecule has 0 aromatic heterocycles. The molecule has 3 aliphatic carbocycles. The first-order valence-electron chi connectivity index (χ1n) is 6.32. The molecule has 0 amide bonds. The molecule has 0 aliphatic heterocycles. The summed E-state index contributed by atoms with van der Waals surface area (Å²) >= 11 is 0. The first kappa shape index (κ1) is 9.84. The van der Waals surface area contributed by atoms with Gasteiger partial charge in [0, 0.05) is 5.56 Å². The van der Waals surface area contributed by atoms with E-state index in [9.17, 15) is 4.79 Å². The topological polar surface area (TPSA) is 17.1 Å². The smallest absolute Gasteiger partial charge is 0.187 e. The number of ketones is 1. The molecule has 0 N–H and O–H groups in total. The van der Waals surface area contributed by atoms with Crippen molar-refractivity contribution < 1.29 is 4.79 Å². The molecule has 0 saturated heterocycles. The van der Waals surface area contributed by atoms with Gasteiger partial charge in [-0.25, -0.2) is 0 Å². The van der Waals surface area contributed by atoms with Crippen LogP contribution in [0.4, 0.5) is 0 Å². The second kappa shape index (κ2) is 3.42. The van der Waals surface area contributed by atoms with Gasteiger partial charge in [-0.1, -0.05) is 42.5 Å². The first-order chi connectivity index (χ1) is 8.84. The molecule has 18 heavy (non-hydrogen) atoms. The zero-order chi connectivity index (χ0) is 12.1. The van der Waals surface area contributed by atoms with E-state index in [1.807, 2.05) is 12.2 Å². The predicted molar refractivity (Wildman–Crippen MR) is 73.4 cm³/mol. The Morgan fingerprint density at radius 2 is 2.06 bits per heavy atom. The zero-order valence-electron chi connectivity index (χ0n) is 9.94. The van der Waals surface area contributed by atoms with Crippen molar-refractivity contribution in [2.75, 3.05) is 0 Å². The average molecular weight is 232 g/mol. The SMILES string of the molecule is O=C1C=C2C=CCCC2=c2ccc3c(c21)C=CC=3. The lowest BCUT2D eigenvalue weighted by Gasteiger charge is -2.19. The van der Waals surface area contributed by atoms with Crippen LogP contribution in [0.25, 0.3) is 17.7 Å². The maximum Gasteiger partial charge on any atom is 0.187 e. The normalized spacial score (nSPS) is 19.0. The lowest BCUT2D eigenvalue weighted by molar-refractivity contribution is 0.104. The van der Waals surface area contributed by atoms with E-state index in [0.29, 0.717) is 0 Å². The maximum atomic E-state index is 12.3. The van der Waals surface area contributed by atoms with Crippen molar-refractivity contribution >= 4 is 23.5 Å². The largest absolute Gasteiger partial charge is 0.289 e. The van der Waals surface area contributed by atoms with Gasteiger partial charge < -0.3 is 0 Å². The quantitative estimate of drug-likeness (QED) is 0.669. The molecule has 4 rings (SSSR count). The van der Waals surface area contributed by atoms with E-state index in [-0.39, 0.29) is 5.78 Å². The van der Waals surface area contributed by atoms with Crippen molar-refractivity contribution in [3.05, 3.63) is 63.6 Å². The number of carbonyl (C=O) groups excluding carboxylic acids is 1. The van der Waals surface area contributed by atoms with Crippen LogP contribution < -0.4 is 10.4 Å². The molecule has 0 heterocycles. The third-order valence-corrected chi connectivity index (χ3v) is 3.88. The Kier molecular flexibility index (Phi) is 1.87. The third kappa shape index (κ3) is 1.19. The lowest BCUT2D eigenvalue weighted by Crippen LogP contribution is -2.27. The second-order valence-corrected chi connectivity index (χ2v) is 4.90. The summed E-state index contributed by atoms with van der Waals surface area (Å²) in [6.07, 6.45) is 14.2. The molecule has 0 saturated carbocycles. The highest BCUT2D eigenvalue weighted by atomic mass is 16.1. The molecular formula is C17H12O. The first-order valence-corrected chi connectivity index (χ1v) is 6.32. The van der Waals surface area contributed by atoms with Crippen molar-refractivity contribution in [3.63, 3.8) is 0 Å². The average Bonchev–Trinajstić information content (AvgIpc) is 2.86. The van der Waals surface area contributed by atoms with Gasteiger partial charge in [0.05, 0.1) is 0 Å². The molecule has 1 aromatic carbocycles. The maximum absolute atomic E-state index is 12.3. The van der Waals surface area contributed by atoms with Crippen LogP contribution >= 0.6 is 0 Å². The summed E-state index contributed by atoms with van der Waals surface area (Å²) in [7, 11) is 0. The Morgan fingerprint density at radius 1 is 1.11 bits per heavy atom. The molecule has 0 spiro atoms. The summed E-state index contributed by atoms with van der Waals surface area (Å²) in [6.45, 7) is 0. The van der Waals surface area contributed by atoms with Gasteiger partial charge in [-0.3, -0.25) is 4.79 Å². The minimum Gasteiger partial charge on any atom is -0.289 e. The number of rotatable bonds is 0. The van der Waals surface area contributed by atoms with Crippen molar-refractivity contribution in [2.24, 2.45) is 0 Å². The zero-order valence-corrected chi connectivity index (χ0v) is 9.94. The lowest BCUT2D eigenvalue weighted by atomic mass is 9.84. The van der Waals surface area contributed by atoms with Gasteiger partial charge in [0.15, 0.2) is 5.78 Å². The van der Waals surface area contributed by atoms with E-state index in [1.165, 1.54) is 5.57 Å². The summed E-state index contributed by atoms with van der Waals surface area (Å²) in [5.74, 6) is 0.145. The van der Waals surface area contributed by atoms with Gasteiger partial charge in [0.1, 0.15) is 0 Å². The van der Waals surface area contributed by atoms with E-state index in [4.69, 9.17) is 0 Å². The van der Waals surface area contributed by atoms with Crippen LogP contribution in [0.2, 0.25) is 0 Å². The van der Waals surface area contributed by atoms with Gasteiger partial charge in [-0.2, -0.15) is 0 Å². The molecule has 1 aromatic rings. The number of benzene rings is 1. The third-order valence-electron chi connectivity index (χ3n) is 3.88. The van der Waals surface area contributed by atoms with Crippen molar-refractivity contribution in [3.8, 4) is 0 Å². The van der Waals surface area contributed by atoms with E-state index >= 15 is 0 Å². The van der Waals surface area contributed by atoms with Gasteiger partial charge >= 0.3 is 0 Å². The van der Waals surface area contributed by atoms with Gasteiger partial charge in [0.2, 0.25) is 0 Å². The van der Waals surface area contributed by atoms with Gasteiger partial charge in [0.25, 0.3) is 0 Å². The van der Waals surface area contributed by atoms with Crippen LogP contribution in [0.3, 0.4) is 0 Å². The molecule has 0 radical (unpaired) electrons. The van der Waals surface area contributed by atoms with Crippen LogP contribution in [-0.4, -0.2) is 5.78 Å². The number of fused-ring (bicyclic) bond motifs is 4. The van der Waals surface area contributed by atoms with Crippen molar-refractivity contribution in [2.45, 2.75) is 12.8 Å². The second-order valence-electron chi connectivity index (χ2n) is 4.90. The highest BCUT2D eigenvalue weighted by Gasteiger charge is 2.21. The number of hydrogen-bond acceptors (Lipinski definition) is 1. The standard InChI is InChI=1S/C17H12O/c18-16-10-12-4-1-2-6-13(12)15-9-8-11-5-3-7-14(11)17(15)16/h1,3-5,7-10H,2,6H2. The molecule has 1 nitrogen and oxygen atoms in total. The van der Waals surface area contributed by atoms with E-state index in [0.717, 1.165) is 40.0 Å². The fraction of sp³-hybridized carbons (Fsp3) is 0.118. The Hall–Kier alpha value is -2.15. The Balaban J connectivity index is 2.18. The molecule has 0 fully saturated rings. The highest BCUT2D eigenvalue weighted by molar-refractivity contribution is 6.12. The van der Waals surface area contributed by atoms with E-state index < -0.39 is 0 Å². The summed E-state index contributed by atoms with van der Waals surface area (Å²) in [5, 5.41) is 2.30. The van der Waals surface area contributed by atoms with Crippen LogP contribution in [0.5, 0.6) is 0 Å². The monoisotopic (exact) mass is 232 g/mol. The summed E-state index contributed by atoms with van der Waals surface area (Å²) in [5.41, 5.74) is 4.42. The van der Waals surface area contributed by atoms with Gasteiger partial charge in [-0.05, 0) is 46.1 Å². The number of carbonyl (C=O) groups is 1. The number of allylic oxidation sites excluding steroid dienone is 5. The van der Waals surface area contributed by atoms with Crippen LogP contribution in [0, 0.1) is 0 Å². The van der Waals surface area contributed by atoms with Gasteiger partial charge in [-0.15, -0.1) is 0 Å². The molecule has 3 aliphatic rings. The van der Waals surface area contributed by atoms with Crippen molar-refractivity contribution in [1.29, 1.82) is 0 Å². The minimum absolute atomic E-state index is 0.145. The minimum atomic E-state index is 0.145. The number of hydrogen-bond donors (Lipinski definition) is 0. The Labute approximate surface area is 105 Å². The molecular weight excluding hydrogens is 220 g/mol. The Morgan fingerprint density at radius 3 is 3.00 bits per heavy atom. The van der Waals surface area contributed by atoms with Crippen LogP contribution in [0.15, 0.2) is 42.0 Å². The fourth-order valence-corrected chi connectivity index (χ4v) is 3.05. The summed E-state index contributed by atoms with van der Waals surface area (Å²) < 4.78 is 0. The fourth-order valence-electron chi connectivity index (χ4n) is 3.05. The van der Waals surface area contributed by atoms with Crippen molar-refractivity contribution in [1.82, 2.24) is 0 Å². The van der Waals surface area contributed by atoms with Crippen LogP contribution in [0.1, 0.15) is 28.8 Å². The predicted octanol–water partition coefficient (Wildman–Crippen LogP) is 2.12. The highest BCUT2D eigenvalue weighted by Crippen LogP contribution is 2.27.